The topological polar surface area (TPSA) is 83.6 Å². The Balaban J connectivity index is 1.82. The number of pyridine rings is 1. The van der Waals surface area contributed by atoms with E-state index in [1.807, 2.05) is 0 Å². The molecule has 0 aliphatic carbocycles. The Labute approximate surface area is 190 Å². The van der Waals surface area contributed by atoms with Gasteiger partial charge in [-0.3, -0.25) is 9.89 Å². The lowest BCUT2D eigenvalue weighted by atomic mass is 9.87. The summed E-state index contributed by atoms with van der Waals surface area (Å²) in [5, 5.41) is 2.80. The molecule has 2 amide bonds. The summed E-state index contributed by atoms with van der Waals surface area (Å²) in [7, 11) is 1.58. The highest BCUT2D eigenvalue weighted by molar-refractivity contribution is 6.03. The number of hydrogen-bond donors (Lipinski definition) is 2. The maximum atomic E-state index is 14.2. The molecule has 0 radical (unpaired) electrons. The smallest absolute Gasteiger partial charge is 0.327 e. The number of nitrogens with one attached hydrogen (secondary N) is 1. The molecule has 2 heterocycles. The third-order valence-corrected chi connectivity index (χ3v) is 6.07. The van der Waals surface area contributed by atoms with E-state index < -0.39 is 5.82 Å². The highest BCUT2D eigenvalue weighted by Crippen LogP contribution is 2.37. The van der Waals surface area contributed by atoms with Gasteiger partial charge in [0.1, 0.15) is 11.6 Å². The number of anilines is 3. The van der Waals surface area contributed by atoms with Crippen molar-refractivity contribution in [1.82, 2.24) is 4.98 Å². The Morgan fingerprint density at radius 2 is 2.12 bits per heavy atom. The number of urea groups is 1. The van der Waals surface area contributed by atoms with Crippen LogP contribution < -0.4 is 16.0 Å². The van der Waals surface area contributed by atoms with Gasteiger partial charge in [-0.15, -0.1) is 0 Å². The number of hydrogen-bond acceptors (Lipinski definition) is 4. The molecule has 1 unspecified atom stereocenters. The van der Waals surface area contributed by atoms with E-state index in [-0.39, 0.29) is 11.7 Å². The molecule has 1 aliphatic rings. The van der Waals surface area contributed by atoms with Gasteiger partial charge in [0, 0.05) is 42.8 Å². The second-order valence-electron chi connectivity index (χ2n) is 8.36. The van der Waals surface area contributed by atoms with E-state index in [0.29, 0.717) is 29.5 Å². The molecule has 172 valence electrons. The standard InChI is InChI=1S/C25H34FN5O/c1-4-6-7-9-17(8-5-2)20-10-12-29-24-21(20)11-13-31(24)25(32)30-19-14-18(16-28-3)23(27)22(26)15-19/h10,12,14-17H,4-9,11,13,27H2,1-3H3,(H,30,32). The molecule has 7 heteroatoms. The van der Waals surface area contributed by atoms with Crippen LogP contribution in [0.25, 0.3) is 0 Å². The average Bonchev–Trinajstić information content (AvgIpc) is 3.21. The van der Waals surface area contributed by atoms with Crippen LogP contribution in [-0.4, -0.2) is 30.8 Å². The fourth-order valence-electron chi connectivity index (χ4n) is 4.49. The lowest BCUT2D eigenvalue weighted by Crippen LogP contribution is -2.34. The van der Waals surface area contributed by atoms with E-state index in [9.17, 15) is 9.18 Å². The number of halogens is 1. The number of nitrogen functional groups attached to an aromatic ring is 1. The van der Waals surface area contributed by atoms with Crippen LogP contribution in [0.1, 0.15) is 75.0 Å². The molecule has 2 aromatic rings. The SMILES string of the molecule is CCCCCC(CCC)c1ccnc2c1CCN2C(=O)Nc1cc(F)c(N)c(C=NC)c1. The molecule has 0 spiro atoms. The molecule has 1 aliphatic heterocycles. The molecule has 3 N–H and O–H groups in total. The number of amides is 2. The summed E-state index contributed by atoms with van der Waals surface area (Å²) < 4.78 is 14.2. The minimum absolute atomic E-state index is 0.0106. The number of benzene rings is 1. The van der Waals surface area contributed by atoms with Gasteiger partial charge < -0.3 is 11.1 Å². The maximum Gasteiger partial charge on any atom is 0.327 e. The lowest BCUT2D eigenvalue weighted by Gasteiger charge is -2.21. The summed E-state index contributed by atoms with van der Waals surface area (Å²) in [5.41, 5.74) is 9.03. The predicted octanol–water partition coefficient (Wildman–Crippen LogP) is 5.91. The normalized spacial score (nSPS) is 14.1. The predicted molar refractivity (Wildman–Crippen MR) is 130 cm³/mol. The Kier molecular flexibility index (Phi) is 8.20. The van der Waals surface area contributed by atoms with Crippen molar-refractivity contribution in [3.8, 4) is 0 Å². The van der Waals surface area contributed by atoms with Crippen LogP contribution >= 0.6 is 0 Å². The number of nitrogens with two attached hydrogens (primary N) is 1. The molecule has 1 aromatic carbocycles. The summed E-state index contributed by atoms with van der Waals surface area (Å²) >= 11 is 0. The monoisotopic (exact) mass is 439 g/mol. The van der Waals surface area contributed by atoms with Gasteiger partial charge >= 0.3 is 6.03 Å². The average molecular weight is 440 g/mol. The Morgan fingerprint density at radius 3 is 2.84 bits per heavy atom. The summed E-state index contributed by atoms with van der Waals surface area (Å²) in [6.07, 6.45) is 11.2. The van der Waals surface area contributed by atoms with E-state index in [1.165, 1.54) is 42.7 Å². The van der Waals surface area contributed by atoms with Gasteiger partial charge in [-0.1, -0.05) is 39.5 Å². The number of nitrogens with zero attached hydrogens (tertiary/aromatic N) is 3. The number of rotatable bonds is 9. The molecular weight excluding hydrogens is 405 g/mol. The summed E-state index contributed by atoms with van der Waals surface area (Å²) in [4.78, 5) is 23.1. The van der Waals surface area contributed by atoms with Crippen molar-refractivity contribution >= 4 is 29.4 Å². The molecule has 0 saturated heterocycles. The molecule has 6 nitrogen and oxygen atoms in total. The van der Waals surface area contributed by atoms with E-state index in [4.69, 9.17) is 5.73 Å². The highest BCUT2D eigenvalue weighted by atomic mass is 19.1. The number of aromatic nitrogens is 1. The first-order chi connectivity index (χ1) is 15.5. The minimum Gasteiger partial charge on any atom is -0.396 e. The Hall–Kier alpha value is -2.96. The molecule has 0 fully saturated rings. The Bertz CT molecular complexity index is 975. The number of carbonyl (C=O) groups is 1. The van der Waals surface area contributed by atoms with Crippen LogP contribution in [0.15, 0.2) is 29.4 Å². The van der Waals surface area contributed by atoms with Gasteiger partial charge in [0.15, 0.2) is 0 Å². The fraction of sp³-hybridized carbons (Fsp3) is 0.480. The summed E-state index contributed by atoms with van der Waals surface area (Å²) in [6, 6.07) is 4.65. The van der Waals surface area contributed by atoms with Gasteiger partial charge in [-0.25, -0.2) is 14.2 Å². The van der Waals surface area contributed by atoms with Gasteiger partial charge in [-0.2, -0.15) is 0 Å². The van der Waals surface area contributed by atoms with Crippen LogP contribution in [0.4, 0.5) is 26.4 Å². The van der Waals surface area contributed by atoms with E-state index in [1.54, 1.807) is 24.2 Å². The lowest BCUT2D eigenvalue weighted by molar-refractivity contribution is 0.257. The largest absolute Gasteiger partial charge is 0.396 e. The second kappa shape index (κ2) is 11.1. The van der Waals surface area contributed by atoms with Crippen molar-refractivity contribution in [2.24, 2.45) is 4.99 Å². The third-order valence-electron chi connectivity index (χ3n) is 6.07. The first-order valence-electron chi connectivity index (χ1n) is 11.6. The molecule has 1 aromatic heterocycles. The van der Waals surface area contributed by atoms with E-state index >= 15 is 0 Å². The van der Waals surface area contributed by atoms with Crippen molar-refractivity contribution in [1.29, 1.82) is 0 Å². The van der Waals surface area contributed by atoms with Crippen LogP contribution in [0, 0.1) is 5.82 Å². The van der Waals surface area contributed by atoms with E-state index in [2.05, 4.69) is 35.2 Å². The van der Waals surface area contributed by atoms with Gasteiger partial charge in [0.25, 0.3) is 0 Å². The number of aliphatic imine (C=N–C) groups is 1. The van der Waals surface area contributed by atoms with Crippen molar-refractivity contribution in [3.05, 3.63) is 46.9 Å². The zero-order valence-corrected chi connectivity index (χ0v) is 19.3. The molecule has 3 rings (SSSR count). The van der Waals surface area contributed by atoms with Crippen molar-refractivity contribution in [2.45, 2.75) is 64.7 Å². The van der Waals surface area contributed by atoms with Gasteiger partial charge in [0.2, 0.25) is 0 Å². The minimum atomic E-state index is -0.588. The molecular formula is C25H34FN5O. The van der Waals surface area contributed by atoms with E-state index in [0.717, 1.165) is 25.7 Å². The van der Waals surface area contributed by atoms with Gasteiger partial charge in [-0.05, 0) is 48.9 Å². The van der Waals surface area contributed by atoms with Crippen molar-refractivity contribution in [3.63, 3.8) is 0 Å². The molecule has 0 saturated carbocycles. The van der Waals surface area contributed by atoms with Crippen LogP contribution in [0.3, 0.4) is 0 Å². The second-order valence-corrected chi connectivity index (χ2v) is 8.36. The summed E-state index contributed by atoms with van der Waals surface area (Å²) in [5.74, 6) is 0.616. The van der Waals surface area contributed by atoms with Crippen LogP contribution in [0.2, 0.25) is 0 Å². The highest BCUT2D eigenvalue weighted by Gasteiger charge is 2.30. The maximum absolute atomic E-state index is 14.2. The number of carbonyl (C=O) groups excluding carboxylic acids is 1. The van der Waals surface area contributed by atoms with Crippen molar-refractivity contribution in [2.75, 3.05) is 29.5 Å². The third kappa shape index (κ3) is 5.26. The molecule has 0 bridgehead atoms. The van der Waals surface area contributed by atoms with Crippen LogP contribution in [0.5, 0.6) is 0 Å². The molecule has 1 atom stereocenters. The summed E-state index contributed by atoms with van der Waals surface area (Å²) in [6.45, 7) is 5.00. The zero-order valence-electron chi connectivity index (χ0n) is 19.3. The fourth-order valence-corrected chi connectivity index (χ4v) is 4.49. The molecule has 32 heavy (non-hydrogen) atoms. The Morgan fingerprint density at radius 1 is 1.31 bits per heavy atom. The quantitative estimate of drug-likeness (QED) is 0.289. The zero-order chi connectivity index (χ0) is 23.1. The van der Waals surface area contributed by atoms with Crippen molar-refractivity contribution < 1.29 is 9.18 Å². The van der Waals surface area contributed by atoms with Gasteiger partial charge in [0.05, 0.1) is 5.69 Å². The first-order valence-corrected chi connectivity index (χ1v) is 11.6. The first kappa shape index (κ1) is 23.7. The number of unbranched alkanes of at least 4 members (excludes halogenated alkanes) is 2. The van der Waals surface area contributed by atoms with Crippen LogP contribution in [-0.2, 0) is 6.42 Å². The number of fused-ring (bicyclic) bond motifs is 1.